The number of nitrogens with zero attached hydrogens (tertiary/aromatic N) is 2. The van der Waals surface area contributed by atoms with Crippen LogP contribution in [-0.2, 0) is 16.4 Å². The minimum atomic E-state index is -1.77. The van der Waals surface area contributed by atoms with E-state index in [4.69, 9.17) is 14.5 Å². The molecule has 8 nitrogen and oxygen atoms in total. The van der Waals surface area contributed by atoms with Crippen LogP contribution in [0.25, 0.3) is 0 Å². The summed E-state index contributed by atoms with van der Waals surface area (Å²) in [5.41, 5.74) is 0.904. The molecule has 0 amide bonds. The summed E-state index contributed by atoms with van der Waals surface area (Å²) in [6, 6.07) is 14.8. The van der Waals surface area contributed by atoms with E-state index >= 15 is 0 Å². The van der Waals surface area contributed by atoms with Crippen LogP contribution < -0.4 is 9.47 Å². The highest BCUT2D eigenvalue weighted by atomic mass is 16.6. The molecular weight excluding hydrogens is 580 g/mol. The minimum absolute atomic E-state index is 0.151. The largest absolute Gasteiger partial charge is 0.507 e. The van der Waals surface area contributed by atoms with Gasteiger partial charge in [0.25, 0.3) is 5.69 Å². The van der Waals surface area contributed by atoms with Gasteiger partial charge in [-0.2, -0.15) is 0 Å². The van der Waals surface area contributed by atoms with E-state index in [0.29, 0.717) is 35.8 Å². The van der Waals surface area contributed by atoms with Gasteiger partial charge in [0.15, 0.2) is 0 Å². The summed E-state index contributed by atoms with van der Waals surface area (Å²) in [4.78, 5) is 15.7. The molecule has 3 rings (SSSR count). The van der Waals surface area contributed by atoms with Gasteiger partial charge in [-0.25, -0.2) is 0 Å². The van der Waals surface area contributed by atoms with Crippen molar-refractivity contribution in [1.29, 1.82) is 0 Å². The number of nitro benzene ring substituents is 1. The Bertz CT molecular complexity index is 1450. The fraction of sp³-hybridized carbons (Fsp3) is 0.500. The molecule has 0 aliphatic rings. The van der Waals surface area contributed by atoms with Crippen molar-refractivity contribution in [3.8, 4) is 17.2 Å². The lowest BCUT2D eigenvalue weighted by Crippen LogP contribution is -2.39. The maximum absolute atomic E-state index is 13.3. The Kier molecular flexibility index (Phi) is 12.0. The summed E-state index contributed by atoms with van der Waals surface area (Å²) in [6.07, 6.45) is 4.99. The zero-order valence-corrected chi connectivity index (χ0v) is 29.0. The first-order chi connectivity index (χ1) is 21.5. The number of ether oxygens (including phenoxy) is 2. The van der Waals surface area contributed by atoms with E-state index in [1.807, 2.05) is 36.4 Å². The number of benzene rings is 3. The van der Waals surface area contributed by atoms with Crippen LogP contribution in [-0.4, -0.2) is 40.6 Å². The zero-order chi connectivity index (χ0) is 34.3. The molecule has 2 N–H and O–H groups in total. The highest BCUT2D eigenvalue weighted by Crippen LogP contribution is 2.46. The number of hydrogen-bond acceptors (Lipinski definition) is 7. The number of aliphatic hydroxyl groups is 1. The fourth-order valence-corrected chi connectivity index (χ4v) is 5.15. The van der Waals surface area contributed by atoms with Crippen LogP contribution in [0.2, 0.25) is 0 Å². The molecule has 1 unspecified atom stereocenters. The Morgan fingerprint density at radius 3 is 1.72 bits per heavy atom. The van der Waals surface area contributed by atoms with Crippen molar-refractivity contribution >= 4 is 11.9 Å². The highest BCUT2D eigenvalue weighted by molar-refractivity contribution is 5.84. The Morgan fingerprint density at radius 1 is 0.826 bits per heavy atom. The number of phenolic OH excluding ortho intramolecular Hbond substituents is 1. The second-order valence-corrected chi connectivity index (χ2v) is 14.0. The van der Waals surface area contributed by atoms with Gasteiger partial charge in [0, 0.05) is 35.0 Å². The van der Waals surface area contributed by atoms with Crippen LogP contribution in [0.15, 0.2) is 59.6 Å². The molecule has 0 saturated heterocycles. The topological polar surface area (TPSA) is 114 Å². The molecule has 0 aromatic heterocycles. The predicted molar refractivity (Wildman–Crippen MR) is 186 cm³/mol. The average molecular weight is 633 g/mol. The molecule has 3 aromatic carbocycles. The number of non-ortho nitro benzene ring substituents is 1. The fourth-order valence-electron chi connectivity index (χ4n) is 5.15. The van der Waals surface area contributed by atoms with Crippen LogP contribution in [0, 0.1) is 10.1 Å². The van der Waals surface area contributed by atoms with Gasteiger partial charge >= 0.3 is 0 Å². The molecule has 250 valence electrons. The van der Waals surface area contributed by atoms with Gasteiger partial charge in [-0.1, -0.05) is 80.4 Å². The molecule has 0 radical (unpaired) electrons. The predicted octanol–water partition coefficient (Wildman–Crippen LogP) is 9.00. The lowest BCUT2D eigenvalue weighted by atomic mass is 9.75. The number of rotatable bonds is 14. The van der Waals surface area contributed by atoms with E-state index in [9.17, 15) is 20.3 Å². The van der Waals surface area contributed by atoms with Crippen LogP contribution >= 0.6 is 0 Å². The van der Waals surface area contributed by atoms with Gasteiger partial charge in [-0.15, -0.1) is 0 Å². The number of phenols is 1. The SMILES string of the molecule is CCCCOc1ccc(C(C)(C)C)cc1C(O)(c1cc(C(C)(C)C)ccc1OCCCC)C(C)N=Cc1cc([N+](=O)[O-])ccc1O. The Balaban J connectivity index is 2.39. The van der Waals surface area contributed by atoms with Crippen molar-refractivity contribution in [3.63, 3.8) is 0 Å². The van der Waals surface area contributed by atoms with Crippen molar-refractivity contribution in [3.05, 3.63) is 92.5 Å². The van der Waals surface area contributed by atoms with Crippen LogP contribution in [0.1, 0.15) is 116 Å². The van der Waals surface area contributed by atoms with Crippen LogP contribution in [0.3, 0.4) is 0 Å². The normalized spacial score (nSPS) is 13.2. The quantitative estimate of drug-likeness (QED) is 0.0793. The molecule has 0 aliphatic carbocycles. The summed E-state index contributed by atoms with van der Waals surface area (Å²) >= 11 is 0. The molecule has 8 heteroatoms. The summed E-state index contributed by atoms with van der Waals surface area (Å²) in [5, 5.41) is 35.3. The monoisotopic (exact) mass is 632 g/mol. The molecule has 0 spiro atoms. The number of hydrogen-bond donors (Lipinski definition) is 2. The van der Waals surface area contributed by atoms with Gasteiger partial charge in [-0.05, 0) is 72.1 Å². The van der Waals surface area contributed by atoms with E-state index < -0.39 is 16.6 Å². The first kappa shape index (κ1) is 36.6. The summed E-state index contributed by atoms with van der Waals surface area (Å²) in [5.74, 6) is 0.941. The molecule has 3 aromatic rings. The van der Waals surface area contributed by atoms with E-state index in [-0.39, 0.29) is 27.8 Å². The van der Waals surface area contributed by atoms with Crippen molar-refractivity contribution in [1.82, 2.24) is 0 Å². The third-order valence-corrected chi connectivity index (χ3v) is 8.29. The minimum Gasteiger partial charge on any atom is -0.507 e. The summed E-state index contributed by atoms with van der Waals surface area (Å²) in [6.45, 7) is 19.7. The van der Waals surface area contributed by atoms with Gasteiger partial charge in [-0.3, -0.25) is 15.1 Å². The van der Waals surface area contributed by atoms with Gasteiger partial charge in [0.2, 0.25) is 0 Å². The van der Waals surface area contributed by atoms with Crippen molar-refractivity contribution < 1.29 is 24.6 Å². The van der Waals surface area contributed by atoms with Crippen LogP contribution in [0.5, 0.6) is 17.2 Å². The lowest BCUT2D eigenvalue weighted by Gasteiger charge is -2.37. The standard InChI is InChI=1S/C38H52N2O6/c1-10-12-20-45-34-18-14-28(36(4,5)6)23-31(34)38(42,26(3)39-25-27-22-30(40(43)44)16-17-33(27)41)32-24-29(37(7,8)9)15-19-35(32)46-21-13-11-2/h14-19,22-26,41-42H,10-13,20-21H2,1-9H3. The first-order valence-electron chi connectivity index (χ1n) is 16.3. The van der Waals surface area contributed by atoms with E-state index in [1.54, 1.807) is 6.92 Å². The van der Waals surface area contributed by atoms with Crippen LogP contribution in [0.4, 0.5) is 5.69 Å². The number of unbranched alkanes of at least 4 members (excludes halogenated alkanes) is 2. The van der Waals surface area contributed by atoms with Crippen molar-refractivity contribution in [2.45, 2.75) is 110 Å². The Labute approximate surface area is 274 Å². The second kappa shape index (κ2) is 15.1. The Hall–Kier alpha value is -3.91. The van der Waals surface area contributed by atoms with E-state index in [2.05, 4.69) is 55.4 Å². The third kappa shape index (κ3) is 8.66. The molecular formula is C38H52N2O6. The van der Waals surface area contributed by atoms with Gasteiger partial charge in [0.05, 0.1) is 24.2 Å². The first-order valence-corrected chi connectivity index (χ1v) is 16.3. The second-order valence-electron chi connectivity index (χ2n) is 14.0. The molecule has 0 saturated carbocycles. The molecule has 0 bridgehead atoms. The number of aromatic hydroxyl groups is 1. The number of nitro groups is 1. The average Bonchev–Trinajstić information content (AvgIpc) is 2.99. The summed E-state index contributed by atoms with van der Waals surface area (Å²) < 4.78 is 12.7. The van der Waals surface area contributed by atoms with Gasteiger partial charge in [0.1, 0.15) is 22.8 Å². The van der Waals surface area contributed by atoms with E-state index in [0.717, 1.165) is 36.8 Å². The van der Waals surface area contributed by atoms with Crippen molar-refractivity contribution in [2.75, 3.05) is 13.2 Å². The zero-order valence-electron chi connectivity index (χ0n) is 29.0. The maximum atomic E-state index is 13.3. The maximum Gasteiger partial charge on any atom is 0.270 e. The third-order valence-electron chi connectivity index (χ3n) is 8.29. The lowest BCUT2D eigenvalue weighted by molar-refractivity contribution is -0.384. The molecule has 0 aliphatic heterocycles. The van der Waals surface area contributed by atoms with E-state index in [1.165, 1.54) is 24.4 Å². The van der Waals surface area contributed by atoms with Gasteiger partial charge < -0.3 is 19.7 Å². The molecule has 0 fully saturated rings. The highest BCUT2D eigenvalue weighted by Gasteiger charge is 2.43. The molecule has 1 atom stereocenters. The molecule has 0 heterocycles. The number of aliphatic imine (C=N–C) groups is 1. The Morgan fingerprint density at radius 2 is 1.30 bits per heavy atom. The van der Waals surface area contributed by atoms with Crippen molar-refractivity contribution in [2.24, 2.45) is 4.99 Å². The summed E-state index contributed by atoms with van der Waals surface area (Å²) in [7, 11) is 0. The molecule has 46 heavy (non-hydrogen) atoms. The smallest absolute Gasteiger partial charge is 0.270 e.